The predicted molar refractivity (Wildman–Crippen MR) is 45.2 cm³/mol. The van der Waals surface area contributed by atoms with Gasteiger partial charge in [0.25, 0.3) is 0 Å². The maximum atomic E-state index is 13.1. The molecule has 0 radical (unpaired) electrons. The van der Waals surface area contributed by atoms with Gasteiger partial charge in [0.05, 0.1) is 12.6 Å². The Labute approximate surface area is 86.8 Å². The second-order valence-electron chi connectivity index (χ2n) is 2.79. The topological polar surface area (TPSA) is 69.0 Å². The van der Waals surface area contributed by atoms with Crippen LogP contribution in [0.4, 0.5) is 17.6 Å². The van der Waals surface area contributed by atoms with Gasteiger partial charge < -0.3 is 5.11 Å². The monoisotopic (exact) mass is 235 g/mol. The van der Waals surface area contributed by atoms with Gasteiger partial charge >= 0.3 is 0 Å². The average molecular weight is 235 g/mol. The molecule has 0 saturated heterocycles. The fourth-order valence-corrected chi connectivity index (χ4v) is 1.13. The molecule has 0 aliphatic carbocycles. The number of halogens is 4. The van der Waals surface area contributed by atoms with Gasteiger partial charge in [-0.1, -0.05) is 5.11 Å². The Morgan fingerprint density at radius 1 is 1.25 bits per heavy atom. The quantitative estimate of drug-likeness (QED) is 0.282. The summed E-state index contributed by atoms with van der Waals surface area (Å²) in [6.07, 6.45) is 0. The highest BCUT2D eigenvalue weighted by molar-refractivity contribution is 5.26. The summed E-state index contributed by atoms with van der Waals surface area (Å²) in [6, 6.07) is -1.69. The molecule has 1 aromatic rings. The first-order valence-electron chi connectivity index (χ1n) is 4.00. The molecule has 0 aliphatic heterocycles. The average Bonchev–Trinajstić information content (AvgIpc) is 2.25. The fraction of sp³-hybridized carbons (Fsp3) is 0.250. The van der Waals surface area contributed by atoms with Crippen LogP contribution in [0.15, 0.2) is 11.2 Å². The highest BCUT2D eigenvalue weighted by Gasteiger charge is 2.24. The van der Waals surface area contributed by atoms with Crippen LogP contribution >= 0.6 is 0 Å². The molecule has 0 bridgehead atoms. The van der Waals surface area contributed by atoms with Crippen molar-refractivity contribution in [2.45, 2.75) is 6.04 Å². The zero-order chi connectivity index (χ0) is 12.3. The lowest BCUT2D eigenvalue weighted by Gasteiger charge is -2.11. The molecule has 1 aromatic carbocycles. The third-order valence-corrected chi connectivity index (χ3v) is 1.84. The molecule has 16 heavy (non-hydrogen) atoms. The van der Waals surface area contributed by atoms with Crippen LogP contribution in [0.5, 0.6) is 0 Å². The molecule has 0 fully saturated rings. The first-order valence-corrected chi connectivity index (χ1v) is 4.00. The Morgan fingerprint density at radius 2 is 1.75 bits per heavy atom. The molecule has 0 heterocycles. The van der Waals surface area contributed by atoms with Gasteiger partial charge in [-0.25, -0.2) is 17.6 Å². The van der Waals surface area contributed by atoms with Gasteiger partial charge in [0.1, 0.15) is 0 Å². The molecule has 1 atom stereocenters. The van der Waals surface area contributed by atoms with Crippen molar-refractivity contribution in [1.29, 1.82) is 0 Å². The highest BCUT2D eigenvalue weighted by Crippen LogP contribution is 2.27. The Hall–Kier alpha value is -1.79. The number of nitrogens with zero attached hydrogens (tertiary/aromatic N) is 3. The van der Waals surface area contributed by atoms with E-state index in [2.05, 4.69) is 10.0 Å². The van der Waals surface area contributed by atoms with Gasteiger partial charge in [-0.15, -0.1) is 0 Å². The summed E-state index contributed by atoms with van der Waals surface area (Å²) < 4.78 is 51.8. The number of aliphatic hydroxyl groups excluding tert-OH is 1. The molecular weight excluding hydrogens is 230 g/mol. The second-order valence-corrected chi connectivity index (χ2v) is 2.79. The van der Waals surface area contributed by atoms with Gasteiger partial charge in [-0.3, -0.25) is 0 Å². The second kappa shape index (κ2) is 4.82. The lowest BCUT2D eigenvalue weighted by molar-refractivity contribution is 0.259. The van der Waals surface area contributed by atoms with E-state index in [0.29, 0.717) is 0 Å². The number of rotatable bonds is 3. The van der Waals surface area contributed by atoms with Gasteiger partial charge in [-0.05, 0) is 5.53 Å². The van der Waals surface area contributed by atoms with Crippen molar-refractivity contribution in [3.05, 3.63) is 45.3 Å². The van der Waals surface area contributed by atoms with Crippen LogP contribution in [0.25, 0.3) is 10.4 Å². The van der Waals surface area contributed by atoms with E-state index in [1.54, 1.807) is 0 Å². The number of hydrogen-bond acceptors (Lipinski definition) is 2. The van der Waals surface area contributed by atoms with Gasteiger partial charge in [0, 0.05) is 16.5 Å². The normalized spacial score (nSPS) is 12.1. The summed E-state index contributed by atoms with van der Waals surface area (Å²) in [4.78, 5) is 2.21. The molecule has 1 unspecified atom stereocenters. The molecule has 0 aliphatic rings. The molecule has 0 spiro atoms. The maximum absolute atomic E-state index is 13.1. The number of aliphatic hydroxyl groups is 1. The molecule has 0 amide bonds. The fourth-order valence-electron chi connectivity index (χ4n) is 1.13. The predicted octanol–water partition coefficient (Wildman–Crippen LogP) is 2.59. The molecular formula is C8H5F4N3O. The first kappa shape index (κ1) is 12.3. The van der Waals surface area contributed by atoms with E-state index < -0.39 is 41.5 Å². The van der Waals surface area contributed by atoms with Crippen LogP contribution in [-0.4, -0.2) is 11.7 Å². The van der Waals surface area contributed by atoms with E-state index in [4.69, 9.17) is 10.6 Å². The Kier molecular flexibility index (Phi) is 3.70. The van der Waals surface area contributed by atoms with Crippen molar-refractivity contribution in [3.63, 3.8) is 0 Å². The van der Waals surface area contributed by atoms with Crippen molar-refractivity contribution >= 4 is 0 Å². The van der Waals surface area contributed by atoms with E-state index in [-0.39, 0.29) is 6.07 Å². The van der Waals surface area contributed by atoms with E-state index in [1.165, 1.54) is 0 Å². The van der Waals surface area contributed by atoms with Crippen molar-refractivity contribution in [2.24, 2.45) is 5.11 Å². The van der Waals surface area contributed by atoms with Crippen LogP contribution in [0.1, 0.15) is 11.6 Å². The first-order chi connectivity index (χ1) is 7.52. The summed E-state index contributed by atoms with van der Waals surface area (Å²) in [5, 5.41) is 11.5. The molecule has 1 N–H and O–H groups in total. The Morgan fingerprint density at radius 3 is 2.12 bits per heavy atom. The van der Waals surface area contributed by atoms with E-state index in [0.717, 1.165) is 0 Å². The van der Waals surface area contributed by atoms with Crippen LogP contribution in [0.2, 0.25) is 0 Å². The van der Waals surface area contributed by atoms with E-state index in [9.17, 15) is 17.6 Å². The van der Waals surface area contributed by atoms with Crippen LogP contribution in [-0.2, 0) is 0 Å². The zero-order valence-electron chi connectivity index (χ0n) is 7.66. The smallest absolute Gasteiger partial charge is 0.165 e. The summed E-state index contributed by atoms with van der Waals surface area (Å²) in [5.41, 5.74) is 6.94. The number of azide groups is 1. The molecule has 86 valence electrons. The summed E-state index contributed by atoms with van der Waals surface area (Å²) in [6.45, 7) is -0.971. The molecule has 8 heteroatoms. The van der Waals surface area contributed by atoms with Crippen LogP contribution in [0, 0.1) is 23.3 Å². The third kappa shape index (κ3) is 2.07. The van der Waals surface area contributed by atoms with Crippen molar-refractivity contribution in [1.82, 2.24) is 0 Å². The minimum atomic E-state index is -1.71. The summed E-state index contributed by atoms with van der Waals surface area (Å²) in [5.74, 6) is -6.63. The minimum Gasteiger partial charge on any atom is -0.396 e. The minimum absolute atomic E-state index is 0.0265. The third-order valence-electron chi connectivity index (χ3n) is 1.84. The summed E-state index contributed by atoms with van der Waals surface area (Å²) in [7, 11) is 0. The van der Waals surface area contributed by atoms with Crippen molar-refractivity contribution in [3.8, 4) is 0 Å². The van der Waals surface area contributed by atoms with Gasteiger partial charge in [-0.2, -0.15) is 0 Å². The maximum Gasteiger partial charge on any atom is 0.165 e. The Balaban J connectivity index is 3.46. The van der Waals surface area contributed by atoms with Crippen molar-refractivity contribution < 1.29 is 22.7 Å². The molecule has 4 nitrogen and oxygen atoms in total. The lowest BCUT2D eigenvalue weighted by atomic mass is 10.1. The Bertz CT molecular complexity index is 433. The van der Waals surface area contributed by atoms with Gasteiger partial charge in [0.2, 0.25) is 0 Å². The largest absolute Gasteiger partial charge is 0.396 e. The zero-order valence-corrected chi connectivity index (χ0v) is 7.66. The molecule has 1 rings (SSSR count). The highest BCUT2D eigenvalue weighted by atomic mass is 19.2. The standard InChI is InChI=1S/C8H5F4N3O/c9-3-1-4(10)8(12)6(7(3)11)5(2-16)14-15-13/h1,5,16H,2H2. The van der Waals surface area contributed by atoms with Gasteiger partial charge in [0.15, 0.2) is 23.3 Å². The number of benzene rings is 1. The van der Waals surface area contributed by atoms with E-state index in [1.807, 2.05) is 0 Å². The number of hydrogen-bond donors (Lipinski definition) is 1. The molecule has 0 saturated carbocycles. The molecule has 0 aromatic heterocycles. The lowest BCUT2D eigenvalue weighted by Crippen LogP contribution is -2.10. The van der Waals surface area contributed by atoms with E-state index >= 15 is 0 Å². The summed E-state index contributed by atoms with van der Waals surface area (Å²) >= 11 is 0. The SMILES string of the molecule is [N-]=[N+]=NC(CO)c1c(F)c(F)cc(F)c1F. The van der Waals surface area contributed by atoms with Crippen LogP contribution < -0.4 is 0 Å². The van der Waals surface area contributed by atoms with Crippen molar-refractivity contribution in [2.75, 3.05) is 6.61 Å². The van der Waals surface area contributed by atoms with Crippen LogP contribution in [0.3, 0.4) is 0 Å².